The van der Waals surface area contributed by atoms with E-state index in [-0.39, 0.29) is 23.9 Å². The maximum atomic E-state index is 12.4. The van der Waals surface area contributed by atoms with Gasteiger partial charge in [-0.05, 0) is 38.2 Å². The van der Waals surface area contributed by atoms with Gasteiger partial charge >= 0.3 is 0 Å². The Morgan fingerprint density at radius 2 is 2.10 bits per heavy atom. The molecule has 3 rings (SSSR count). The third-order valence-electron chi connectivity index (χ3n) is 4.35. The number of hydrogen-bond acceptors (Lipinski definition) is 3. The average Bonchev–Trinajstić information content (AvgIpc) is 2.79. The first kappa shape index (κ1) is 13.4. The minimum Gasteiger partial charge on any atom is -0.493 e. The zero-order valence-corrected chi connectivity index (χ0v) is 11.7. The molecule has 0 radical (unpaired) electrons. The molecule has 1 fully saturated rings. The van der Waals surface area contributed by atoms with E-state index in [9.17, 15) is 4.79 Å². The second-order valence-electron chi connectivity index (χ2n) is 5.86. The predicted octanol–water partition coefficient (Wildman–Crippen LogP) is 2.14. The molecule has 1 heterocycles. The molecule has 3 unspecified atom stereocenters. The molecule has 3 N–H and O–H groups in total. The first-order valence-electron chi connectivity index (χ1n) is 7.51. The molecule has 0 spiro atoms. The number of nitrogens with two attached hydrogens (primary N) is 1. The van der Waals surface area contributed by atoms with Crippen LogP contribution in [0.1, 0.15) is 43.7 Å². The van der Waals surface area contributed by atoms with E-state index in [1.54, 1.807) is 0 Å². The highest BCUT2D eigenvalue weighted by molar-refractivity contribution is 5.79. The van der Waals surface area contributed by atoms with Crippen molar-refractivity contribution < 1.29 is 9.53 Å². The van der Waals surface area contributed by atoms with Crippen LogP contribution in [0.3, 0.4) is 0 Å². The fraction of sp³-hybridized carbons (Fsp3) is 0.562. The van der Waals surface area contributed by atoms with Gasteiger partial charge in [-0.1, -0.05) is 18.2 Å². The van der Waals surface area contributed by atoms with Gasteiger partial charge in [0.15, 0.2) is 0 Å². The summed E-state index contributed by atoms with van der Waals surface area (Å²) >= 11 is 0. The molecule has 1 aliphatic heterocycles. The Morgan fingerprint density at radius 1 is 1.25 bits per heavy atom. The summed E-state index contributed by atoms with van der Waals surface area (Å²) in [4.78, 5) is 12.4. The van der Waals surface area contributed by atoms with Crippen molar-refractivity contribution in [1.82, 2.24) is 5.32 Å². The first-order valence-corrected chi connectivity index (χ1v) is 7.51. The highest BCUT2D eigenvalue weighted by Gasteiger charge is 2.30. The van der Waals surface area contributed by atoms with Crippen molar-refractivity contribution >= 4 is 5.91 Å². The fourth-order valence-electron chi connectivity index (χ4n) is 3.22. The van der Waals surface area contributed by atoms with Gasteiger partial charge in [0.1, 0.15) is 5.75 Å². The van der Waals surface area contributed by atoms with E-state index in [2.05, 4.69) is 5.32 Å². The van der Waals surface area contributed by atoms with Gasteiger partial charge < -0.3 is 15.8 Å². The smallest absolute Gasteiger partial charge is 0.223 e. The average molecular weight is 274 g/mol. The third kappa shape index (κ3) is 2.80. The van der Waals surface area contributed by atoms with Gasteiger partial charge in [-0.3, -0.25) is 4.79 Å². The Labute approximate surface area is 119 Å². The van der Waals surface area contributed by atoms with Crippen molar-refractivity contribution in [3.63, 3.8) is 0 Å². The second-order valence-corrected chi connectivity index (χ2v) is 5.86. The summed E-state index contributed by atoms with van der Waals surface area (Å²) in [7, 11) is 0. The van der Waals surface area contributed by atoms with Crippen molar-refractivity contribution in [1.29, 1.82) is 0 Å². The Kier molecular flexibility index (Phi) is 3.92. The number of fused-ring (bicyclic) bond motifs is 1. The van der Waals surface area contributed by atoms with Crippen molar-refractivity contribution in [2.24, 2.45) is 11.7 Å². The maximum Gasteiger partial charge on any atom is 0.223 e. The summed E-state index contributed by atoms with van der Waals surface area (Å²) in [5.41, 5.74) is 7.00. The minimum atomic E-state index is 0.0676. The minimum absolute atomic E-state index is 0.0676. The monoisotopic (exact) mass is 274 g/mol. The zero-order chi connectivity index (χ0) is 13.9. The highest BCUT2D eigenvalue weighted by atomic mass is 16.5. The van der Waals surface area contributed by atoms with Gasteiger partial charge in [0.05, 0.1) is 12.6 Å². The van der Waals surface area contributed by atoms with E-state index < -0.39 is 0 Å². The van der Waals surface area contributed by atoms with Crippen LogP contribution >= 0.6 is 0 Å². The molecule has 108 valence electrons. The predicted molar refractivity (Wildman–Crippen MR) is 77.4 cm³/mol. The summed E-state index contributed by atoms with van der Waals surface area (Å²) in [6.45, 7) is 0.720. The van der Waals surface area contributed by atoms with Crippen LogP contribution < -0.4 is 15.8 Å². The van der Waals surface area contributed by atoms with Crippen LogP contribution in [0.4, 0.5) is 0 Å². The lowest BCUT2D eigenvalue weighted by molar-refractivity contribution is -0.125. The van der Waals surface area contributed by atoms with Crippen LogP contribution in [0.5, 0.6) is 5.75 Å². The molecular weight excluding hydrogens is 252 g/mol. The lowest BCUT2D eigenvalue weighted by atomic mass is 10.00. The number of rotatable bonds is 2. The van der Waals surface area contributed by atoms with Gasteiger partial charge in [-0.2, -0.15) is 0 Å². The SMILES string of the molecule is NC1CCC(C(=O)NC2CCCOc3ccccc32)C1. The molecule has 1 aromatic rings. The third-order valence-corrected chi connectivity index (χ3v) is 4.35. The standard InChI is InChI=1S/C16H22N2O2/c17-12-8-7-11(10-12)16(19)18-14-5-3-9-20-15-6-2-1-4-13(14)15/h1-2,4,6,11-12,14H,3,5,7-10,17H2,(H,18,19). The molecular formula is C16H22N2O2. The van der Waals surface area contributed by atoms with Gasteiger partial charge in [0.25, 0.3) is 0 Å². The summed E-state index contributed by atoms with van der Waals surface area (Å²) in [5.74, 6) is 1.14. The van der Waals surface area contributed by atoms with Gasteiger partial charge in [-0.15, -0.1) is 0 Å². The lowest BCUT2D eigenvalue weighted by Crippen LogP contribution is -2.33. The lowest BCUT2D eigenvalue weighted by Gasteiger charge is -2.20. The van der Waals surface area contributed by atoms with Gasteiger partial charge in [-0.25, -0.2) is 0 Å². The summed E-state index contributed by atoms with van der Waals surface area (Å²) < 4.78 is 5.73. The normalized spacial score (nSPS) is 29.1. The quantitative estimate of drug-likeness (QED) is 0.868. The topological polar surface area (TPSA) is 64.4 Å². The van der Waals surface area contributed by atoms with Crippen LogP contribution in [0, 0.1) is 5.92 Å². The number of carbonyl (C=O) groups excluding carboxylic acids is 1. The van der Waals surface area contributed by atoms with E-state index in [0.29, 0.717) is 0 Å². The maximum absolute atomic E-state index is 12.4. The second kappa shape index (κ2) is 5.83. The van der Waals surface area contributed by atoms with Crippen molar-refractivity contribution in [3.8, 4) is 5.75 Å². The van der Waals surface area contributed by atoms with E-state index >= 15 is 0 Å². The van der Waals surface area contributed by atoms with Crippen molar-refractivity contribution in [3.05, 3.63) is 29.8 Å². The largest absolute Gasteiger partial charge is 0.493 e. The number of amides is 1. The molecule has 1 aromatic carbocycles. The Hall–Kier alpha value is -1.55. The highest BCUT2D eigenvalue weighted by Crippen LogP contribution is 2.32. The zero-order valence-electron chi connectivity index (χ0n) is 11.7. The molecule has 3 atom stereocenters. The van der Waals surface area contributed by atoms with Gasteiger partial charge in [0, 0.05) is 17.5 Å². The van der Waals surface area contributed by atoms with Crippen LogP contribution in [0.25, 0.3) is 0 Å². The fourth-order valence-corrected chi connectivity index (χ4v) is 3.22. The summed E-state index contributed by atoms with van der Waals surface area (Å²) in [5, 5.41) is 3.20. The van der Waals surface area contributed by atoms with Crippen LogP contribution in [0.2, 0.25) is 0 Å². The molecule has 4 nitrogen and oxygen atoms in total. The Bertz CT molecular complexity index is 489. The number of ether oxygens (including phenoxy) is 1. The van der Waals surface area contributed by atoms with Crippen LogP contribution in [-0.2, 0) is 4.79 Å². The van der Waals surface area contributed by atoms with Crippen LogP contribution in [-0.4, -0.2) is 18.6 Å². The van der Waals surface area contributed by atoms with Crippen LogP contribution in [0.15, 0.2) is 24.3 Å². The molecule has 2 aliphatic rings. The number of carbonyl (C=O) groups is 1. The number of hydrogen-bond donors (Lipinski definition) is 2. The molecule has 1 amide bonds. The van der Waals surface area contributed by atoms with Gasteiger partial charge in [0.2, 0.25) is 5.91 Å². The first-order chi connectivity index (χ1) is 9.74. The molecule has 4 heteroatoms. The molecule has 0 aromatic heterocycles. The summed E-state index contributed by atoms with van der Waals surface area (Å²) in [6, 6.07) is 8.25. The van der Waals surface area contributed by atoms with E-state index in [4.69, 9.17) is 10.5 Å². The Morgan fingerprint density at radius 3 is 2.90 bits per heavy atom. The number of para-hydroxylation sites is 1. The van der Waals surface area contributed by atoms with E-state index in [1.807, 2.05) is 24.3 Å². The van der Waals surface area contributed by atoms with Crippen molar-refractivity contribution in [2.75, 3.05) is 6.61 Å². The number of benzene rings is 1. The Balaban J connectivity index is 1.72. The van der Waals surface area contributed by atoms with E-state index in [1.165, 1.54) is 0 Å². The molecule has 1 saturated carbocycles. The molecule has 1 aliphatic carbocycles. The summed E-state index contributed by atoms with van der Waals surface area (Å²) in [6.07, 6.45) is 4.59. The van der Waals surface area contributed by atoms with Crippen molar-refractivity contribution in [2.45, 2.75) is 44.2 Å². The molecule has 0 bridgehead atoms. The molecule has 0 saturated heterocycles. The number of nitrogens with one attached hydrogen (secondary N) is 1. The van der Waals surface area contributed by atoms with E-state index in [0.717, 1.165) is 50.0 Å². The molecule has 20 heavy (non-hydrogen) atoms.